The summed E-state index contributed by atoms with van der Waals surface area (Å²) >= 11 is 0. The van der Waals surface area contributed by atoms with Crippen molar-refractivity contribution in [2.24, 2.45) is 5.92 Å². The maximum atomic E-state index is 11.5. The number of rotatable bonds is 4. The minimum Gasteiger partial charge on any atom is -0.469 e. The maximum Gasteiger partial charge on any atom is 0.314 e. The molecule has 0 saturated heterocycles. The van der Waals surface area contributed by atoms with Crippen LogP contribution in [-0.4, -0.2) is 19.0 Å². The third kappa shape index (κ3) is 3.73. The zero-order chi connectivity index (χ0) is 12.0. The van der Waals surface area contributed by atoms with Crippen molar-refractivity contribution in [3.05, 3.63) is 30.3 Å². The van der Waals surface area contributed by atoms with E-state index in [0.717, 1.165) is 0 Å². The Labute approximate surface area is 94.2 Å². The summed E-state index contributed by atoms with van der Waals surface area (Å²) in [5.41, 5.74) is 0. The lowest BCUT2D eigenvalue weighted by Gasteiger charge is -2.09. The van der Waals surface area contributed by atoms with Gasteiger partial charge in [-0.2, -0.15) is 0 Å². The van der Waals surface area contributed by atoms with Crippen LogP contribution in [0.1, 0.15) is 13.3 Å². The summed E-state index contributed by atoms with van der Waals surface area (Å²) in [6, 6.07) is 8.74. The maximum absolute atomic E-state index is 11.5. The lowest BCUT2D eigenvalue weighted by molar-refractivity contribution is -0.147. The highest BCUT2D eigenvalue weighted by atomic mass is 16.5. The van der Waals surface area contributed by atoms with E-state index in [0.29, 0.717) is 5.75 Å². The fraction of sp³-hybridized carbons (Fsp3) is 0.333. The van der Waals surface area contributed by atoms with Gasteiger partial charge in [0.2, 0.25) is 0 Å². The first-order valence-electron chi connectivity index (χ1n) is 4.97. The Balaban J connectivity index is 2.49. The molecule has 1 unspecified atom stereocenters. The van der Waals surface area contributed by atoms with E-state index in [-0.39, 0.29) is 6.42 Å². The second kappa shape index (κ2) is 5.90. The first kappa shape index (κ1) is 12.2. The standard InChI is InChI=1S/C12H14O4/c1-9(8-11(13)15-2)12(14)16-10-6-4-3-5-7-10/h3-7,9H,8H2,1-2H3. The molecule has 1 atom stereocenters. The number of para-hydroxylation sites is 1. The SMILES string of the molecule is COC(=O)CC(C)C(=O)Oc1ccccc1. The molecule has 4 nitrogen and oxygen atoms in total. The van der Waals surface area contributed by atoms with Gasteiger partial charge in [0.05, 0.1) is 19.4 Å². The molecule has 0 aromatic heterocycles. The molecule has 16 heavy (non-hydrogen) atoms. The van der Waals surface area contributed by atoms with Gasteiger partial charge in [-0.1, -0.05) is 25.1 Å². The summed E-state index contributed by atoms with van der Waals surface area (Å²) in [5, 5.41) is 0. The molecule has 0 amide bonds. The Morgan fingerprint density at radius 1 is 1.25 bits per heavy atom. The lowest BCUT2D eigenvalue weighted by Crippen LogP contribution is -2.21. The highest BCUT2D eigenvalue weighted by molar-refractivity contribution is 5.80. The van der Waals surface area contributed by atoms with E-state index in [4.69, 9.17) is 4.74 Å². The van der Waals surface area contributed by atoms with Crippen LogP contribution in [0.25, 0.3) is 0 Å². The summed E-state index contributed by atoms with van der Waals surface area (Å²) in [5.74, 6) is -0.883. The smallest absolute Gasteiger partial charge is 0.314 e. The van der Waals surface area contributed by atoms with Crippen LogP contribution >= 0.6 is 0 Å². The van der Waals surface area contributed by atoms with Gasteiger partial charge in [-0.15, -0.1) is 0 Å². The van der Waals surface area contributed by atoms with Crippen LogP contribution in [0.5, 0.6) is 5.75 Å². The molecule has 0 bridgehead atoms. The average molecular weight is 222 g/mol. The molecular formula is C12H14O4. The molecule has 0 saturated carbocycles. The predicted octanol–water partition coefficient (Wildman–Crippen LogP) is 1.79. The Hall–Kier alpha value is -1.84. The molecule has 1 aromatic rings. The summed E-state index contributed by atoms with van der Waals surface area (Å²) in [4.78, 5) is 22.5. The van der Waals surface area contributed by atoms with Crippen LogP contribution in [0.4, 0.5) is 0 Å². The van der Waals surface area contributed by atoms with Crippen molar-refractivity contribution in [2.45, 2.75) is 13.3 Å². The van der Waals surface area contributed by atoms with Gasteiger partial charge in [0.1, 0.15) is 5.75 Å². The third-order valence-electron chi connectivity index (χ3n) is 2.06. The molecule has 1 aromatic carbocycles. The van der Waals surface area contributed by atoms with E-state index in [2.05, 4.69) is 4.74 Å². The van der Waals surface area contributed by atoms with E-state index in [1.807, 2.05) is 6.07 Å². The van der Waals surface area contributed by atoms with Crippen LogP contribution < -0.4 is 4.74 Å². The highest BCUT2D eigenvalue weighted by Crippen LogP contribution is 2.12. The van der Waals surface area contributed by atoms with Crippen molar-refractivity contribution in [3.8, 4) is 5.75 Å². The van der Waals surface area contributed by atoms with Crippen molar-refractivity contribution in [2.75, 3.05) is 7.11 Å². The molecule has 0 radical (unpaired) electrons. The first-order valence-corrected chi connectivity index (χ1v) is 4.97. The van der Waals surface area contributed by atoms with E-state index >= 15 is 0 Å². The van der Waals surface area contributed by atoms with Crippen molar-refractivity contribution in [1.29, 1.82) is 0 Å². The average Bonchev–Trinajstić information content (AvgIpc) is 2.30. The van der Waals surface area contributed by atoms with Gasteiger partial charge in [0.15, 0.2) is 0 Å². The third-order valence-corrected chi connectivity index (χ3v) is 2.06. The largest absolute Gasteiger partial charge is 0.469 e. The molecule has 0 spiro atoms. The minimum absolute atomic E-state index is 0.0299. The monoisotopic (exact) mass is 222 g/mol. The van der Waals surface area contributed by atoms with Crippen molar-refractivity contribution in [1.82, 2.24) is 0 Å². The Bertz CT molecular complexity index is 359. The van der Waals surface area contributed by atoms with Gasteiger partial charge >= 0.3 is 11.9 Å². The minimum atomic E-state index is -0.507. The second-order valence-corrected chi connectivity index (χ2v) is 3.42. The van der Waals surface area contributed by atoms with E-state index in [9.17, 15) is 9.59 Å². The van der Waals surface area contributed by atoms with Crippen LogP contribution in [-0.2, 0) is 14.3 Å². The van der Waals surface area contributed by atoms with Gasteiger partial charge < -0.3 is 9.47 Å². The summed E-state index contributed by atoms with van der Waals surface area (Å²) in [6.07, 6.45) is 0.0299. The molecule has 86 valence electrons. The second-order valence-electron chi connectivity index (χ2n) is 3.42. The fourth-order valence-electron chi connectivity index (χ4n) is 1.12. The number of carbonyl (C=O) groups is 2. The Morgan fingerprint density at radius 3 is 2.44 bits per heavy atom. The number of benzene rings is 1. The van der Waals surface area contributed by atoms with E-state index in [1.165, 1.54) is 7.11 Å². The van der Waals surface area contributed by atoms with Crippen molar-refractivity contribution >= 4 is 11.9 Å². The summed E-state index contributed by atoms with van der Waals surface area (Å²) < 4.78 is 9.55. The number of hydrogen-bond donors (Lipinski definition) is 0. The van der Waals surface area contributed by atoms with Crippen LogP contribution in [0.2, 0.25) is 0 Å². The quantitative estimate of drug-likeness (QED) is 0.575. The molecule has 4 heteroatoms. The van der Waals surface area contributed by atoms with Crippen LogP contribution in [0.3, 0.4) is 0 Å². The van der Waals surface area contributed by atoms with E-state index in [1.54, 1.807) is 31.2 Å². The Morgan fingerprint density at radius 2 is 1.88 bits per heavy atom. The van der Waals surface area contributed by atoms with Crippen LogP contribution in [0.15, 0.2) is 30.3 Å². The fourth-order valence-corrected chi connectivity index (χ4v) is 1.12. The molecule has 0 heterocycles. The van der Waals surface area contributed by atoms with Gasteiger partial charge in [-0.05, 0) is 12.1 Å². The van der Waals surface area contributed by atoms with Gasteiger partial charge in [0, 0.05) is 0 Å². The number of methoxy groups -OCH3 is 1. The van der Waals surface area contributed by atoms with Gasteiger partial charge in [-0.3, -0.25) is 9.59 Å². The number of esters is 2. The number of hydrogen-bond acceptors (Lipinski definition) is 4. The Kier molecular flexibility index (Phi) is 4.51. The molecule has 0 aliphatic rings. The predicted molar refractivity (Wildman–Crippen MR) is 57.9 cm³/mol. The molecule has 0 aliphatic heterocycles. The summed E-state index contributed by atoms with van der Waals surface area (Å²) in [7, 11) is 1.29. The molecule has 0 fully saturated rings. The molecule has 1 rings (SSSR count). The molecule has 0 N–H and O–H groups in total. The molecule has 0 aliphatic carbocycles. The van der Waals surface area contributed by atoms with Gasteiger partial charge in [0.25, 0.3) is 0 Å². The zero-order valence-corrected chi connectivity index (χ0v) is 9.30. The molecular weight excluding hydrogens is 208 g/mol. The number of carbonyl (C=O) groups excluding carboxylic acids is 2. The first-order chi connectivity index (χ1) is 7.63. The topological polar surface area (TPSA) is 52.6 Å². The lowest BCUT2D eigenvalue weighted by atomic mass is 10.1. The normalized spacial score (nSPS) is 11.6. The van der Waals surface area contributed by atoms with Crippen LogP contribution in [0, 0.1) is 5.92 Å². The highest BCUT2D eigenvalue weighted by Gasteiger charge is 2.19. The van der Waals surface area contributed by atoms with Crippen molar-refractivity contribution in [3.63, 3.8) is 0 Å². The number of ether oxygens (including phenoxy) is 2. The van der Waals surface area contributed by atoms with Crippen molar-refractivity contribution < 1.29 is 19.1 Å². The summed E-state index contributed by atoms with van der Waals surface area (Å²) in [6.45, 7) is 1.63. The van der Waals surface area contributed by atoms with Gasteiger partial charge in [-0.25, -0.2) is 0 Å². The zero-order valence-electron chi connectivity index (χ0n) is 9.30. The van der Waals surface area contributed by atoms with E-state index < -0.39 is 17.9 Å².